The van der Waals surface area contributed by atoms with Crippen molar-refractivity contribution in [3.8, 4) is 11.4 Å². The fourth-order valence-electron chi connectivity index (χ4n) is 4.04. The fraction of sp³-hybridized carbons (Fsp3) is 0.348. The first kappa shape index (κ1) is 21.2. The van der Waals surface area contributed by atoms with Crippen LogP contribution in [0.15, 0.2) is 44.8 Å². The van der Waals surface area contributed by atoms with E-state index in [1.54, 1.807) is 23.0 Å². The van der Waals surface area contributed by atoms with Crippen molar-refractivity contribution >= 4 is 33.3 Å². The summed E-state index contributed by atoms with van der Waals surface area (Å²) in [6.45, 7) is 6.92. The summed E-state index contributed by atoms with van der Waals surface area (Å²) in [5.41, 5.74) is 2.71. The van der Waals surface area contributed by atoms with Gasteiger partial charge in [0.05, 0.1) is 29.6 Å². The number of nitrogens with zero attached hydrogens (tertiary/aromatic N) is 4. The number of fused-ring (bicyclic) bond motifs is 3. The van der Waals surface area contributed by atoms with Gasteiger partial charge in [0, 0.05) is 30.1 Å². The molecule has 0 unspecified atom stereocenters. The third-order valence-electron chi connectivity index (χ3n) is 5.70. The summed E-state index contributed by atoms with van der Waals surface area (Å²) in [7, 11) is 1.62. The molecule has 32 heavy (non-hydrogen) atoms. The third-order valence-corrected chi connectivity index (χ3v) is 7.77. The molecule has 0 N–H and O–H groups in total. The Morgan fingerprint density at radius 1 is 1.31 bits per heavy atom. The first-order chi connectivity index (χ1) is 15.6. The highest BCUT2D eigenvalue weighted by Crippen LogP contribution is 2.35. The number of hydrogen-bond donors (Lipinski definition) is 0. The van der Waals surface area contributed by atoms with Crippen LogP contribution in [0, 0.1) is 6.92 Å². The van der Waals surface area contributed by atoms with Crippen molar-refractivity contribution in [3.05, 3.63) is 62.6 Å². The number of rotatable bonds is 6. The molecule has 0 amide bonds. The van der Waals surface area contributed by atoms with Gasteiger partial charge in [-0.3, -0.25) is 14.3 Å². The Hall–Kier alpha value is -2.62. The Morgan fingerprint density at radius 2 is 2.19 bits per heavy atom. The number of methoxy groups -OCH3 is 1. The lowest BCUT2D eigenvalue weighted by Gasteiger charge is -2.25. The average molecular weight is 469 g/mol. The van der Waals surface area contributed by atoms with E-state index in [4.69, 9.17) is 14.2 Å². The van der Waals surface area contributed by atoms with Crippen LogP contribution in [-0.4, -0.2) is 39.8 Å². The maximum atomic E-state index is 13.9. The second-order valence-electron chi connectivity index (χ2n) is 7.76. The molecule has 0 atom stereocenters. The molecule has 5 rings (SSSR count). The lowest BCUT2D eigenvalue weighted by atomic mass is 10.1. The second kappa shape index (κ2) is 8.73. The third kappa shape index (κ3) is 3.85. The monoisotopic (exact) mass is 468 g/mol. The van der Waals surface area contributed by atoms with Gasteiger partial charge in [-0.05, 0) is 37.6 Å². The van der Waals surface area contributed by atoms with E-state index in [1.165, 1.54) is 16.6 Å². The van der Waals surface area contributed by atoms with Crippen molar-refractivity contribution in [3.63, 3.8) is 0 Å². The van der Waals surface area contributed by atoms with Crippen LogP contribution in [0.4, 0.5) is 0 Å². The number of thioether (sulfide) groups is 1. The molecule has 0 spiro atoms. The molecule has 0 bridgehead atoms. The van der Waals surface area contributed by atoms with Gasteiger partial charge in [0.2, 0.25) is 0 Å². The molecule has 4 aromatic rings. The van der Waals surface area contributed by atoms with Gasteiger partial charge < -0.3 is 9.26 Å². The number of likely N-dealkylation sites (N-methyl/N-ethyl adjacent to an activating group) is 1. The van der Waals surface area contributed by atoms with Crippen LogP contribution in [0.2, 0.25) is 0 Å². The summed E-state index contributed by atoms with van der Waals surface area (Å²) in [5.74, 6) is 1.99. The number of aryl methyl sites for hydroxylation is 1. The lowest BCUT2D eigenvalue weighted by Crippen LogP contribution is -2.30. The first-order valence-electron chi connectivity index (χ1n) is 10.6. The van der Waals surface area contributed by atoms with Crippen LogP contribution in [0.3, 0.4) is 0 Å². The van der Waals surface area contributed by atoms with Crippen LogP contribution in [-0.2, 0) is 18.7 Å². The van der Waals surface area contributed by atoms with Gasteiger partial charge in [-0.25, -0.2) is 4.98 Å². The summed E-state index contributed by atoms with van der Waals surface area (Å²) in [6.07, 6.45) is 0.877. The van der Waals surface area contributed by atoms with E-state index in [9.17, 15) is 4.79 Å². The van der Waals surface area contributed by atoms with Crippen LogP contribution in [0.25, 0.3) is 15.9 Å². The highest BCUT2D eigenvalue weighted by Gasteiger charge is 2.25. The molecule has 0 aliphatic carbocycles. The molecule has 0 radical (unpaired) electrons. The lowest BCUT2D eigenvalue weighted by molar-refractivity contribution is 0.272. The van der Waals surface area contributed by atoms with Gasteiger partial charge in [-0.15, -0.1) is 11.3 Å². The van der Waals surface area contributed by atoms with Crippen LogP contribution in [0.1, 0.15) is 28.8 Å². The molecular formula is C23H24N4O3S2. The standard InChI is InChI=1S/C23H24N4O3S2/c1-4-26-9-8-18-19(12-26)32-21-20(18)22(28)27(15-6-5-7-16(11-15)29-3)23(24-21)31-13-17-10-14(2)25-30-17/h5-7,10-11H,4,8-9,12-13H2,1-3H3. The minimum atomic E-state index is -0.0260. The molecule has 7 nitrogen and oxygen atoms in total. The number of hydrogen-bond acceptors (Lipinski definition) is 8. The molecule has 9 heteroatoms. The largest absolute Gasteiger partial charge is 0.497 e. The highest BCUT2D eigenvalue weighted by molar-refractivity contribution is 7.98. The molecule has 1 aliphatic heterocycles. The van der Waals surface area contributed by atoms with Crippen molar-refractivity contribution < 1.29 is 9.26 Å². The van der Waals surface area contributed by atoms with Gasteiger partial charge in [0.1, 0.15) is 16.3 Å². The van der Waals surface area contributed by atoms with Crippen molar-refractivity contribution in [2.75, 3.05) is 20.2 Å². The fourth-order valence-corrected chi connectivity index (χ4v) is 6.23. The summed E-state index contributed by atoms with van der Waals surface area (Å²) < 4.78 is 12.5. The normalized spacial score (nSPS) is 14.1. The average Bonchev–Trinajstić information content (AvgIpc) is 3.39. The number of thiophene rings is 1. The molecule has 3 aromatic heterocycles. The zero-order chi connectivity index (χ0) is 22.2. The van der Waals surface area contributed by atoms with E-state index < -0.39 is 0 Å². The Morgan fingerprint density at radius 3 is 2.94 bits per heavy atom. The zero-order valence-corrected chi connectivity index (χ0v) is 19.9. The molecule has 4 heterocycles. The van der Waals surface area contributed by atoms with Gasteiger partial charge in [-0.2, -0.15) is 0 Å². The Bertz CT molecular complexity index is 1340. The molecule has 0 saturated carbocycles. The van der Waals surface area contributed by atoms with E-state index in [2.05, 4.69) is 17.0 Å². The minimum Gasteiger partial charge on any atom is -0.497 e. The van der Waals surface area contributed by atoms with E-state index in [0.29, 0.717) is 16.7 Å². The summed E-state index contributed by atoms with van der Waals surface area (Å²) in [4.78, 5) is 23.3. The molecule has 1 aliphatic rings. The highest BCUT2D eigenvalue weighted by atomic mass is 32.2. The van der Waals surface area contributed by atoms with Crippen molar-refractivity contribution in [2.45, 2.75) is 37.7 Å². The second-order valence-corrected chi connectivity index (χ2v) is 9.79. The molecular weight excluding hydrogens is 444 g/mol. The Labute approximate surface area is 194 Å². The maximum Gasteiger partial charge on any atom is 0.267 e. The molecule has 0 fully saturated rings. The number of ether oxygens (including phenoxy) is 1. The maximum absolute atomic E-state index is 13.9. The number of aromatic nitrogens is 3. The van der Waals surface area contributed by atoms with Gasteiger partial charge in [0.15, 0.2) is 5.16 Å². The number of benzene rings is 1. The Kier molecular flexibility index (Phi) is 5.79. The molecule has 166 valence electrons. The molecule has 1 aromatic carbocycles. The van der Waals surface area contributed by atoms with Crippen molar-refractivity contribution in [1.29, 1.82) is 0 Å². The predicted molar refractivity (Wildman–Crippen MR) is 127 cm³/mol. The Balaban J connectivity index is 1.66. The topological polar surface area (TPSA) is 73.4 Å². The van der Waals surface area contributed by atoms with Crippen LogP contribution >= 0.6 is 23.1 Å². The van der Waals surface area contributed by atoms with Gasteiger partial charge >= 0.3 is 0 Å². The quantitative estimate of drug-likeness (QED) is 0.306. The molecule has 0 saturated heterocycles. The van der Waals surface area contributed by atoms with Crippen LogP contribution < -0.4 is 10.3 Å². The zero-order valence-electron chi connectivity index (χ0n) is 18.3. The smallest absolute Gasteiger partial charge is 0.267 e. The van der Waals surface area contributed by atoms with E-state index in [1.807, 2.05) is 37.3 Å². The SMILES string of the molecule is CCN1CCc2c(sc3nc(SCc4cc(C)no4)n(-c4cccc(OC)c4)c(=O)c23)C1. The van der Waals surface area contributed by atoms with E-state index in [0.717, 1.165) is 59.0 Å². The van der Waals surface area contributed by atoms with Crippen molar-refractivity contribution in [1.82, 2.24) is 19.6 Å². The predicted octanol–water partition coefficient (Wildman–Crippen LogP) is 4.42. The minimum absolute atomic E-state index is 0.0260. The van der Waals surface area contributed by atoms with E-state index in [-0.39, 0.29) is 5.56 Å². The van der Waals surface area contributed by atoms with Gasteiger partial charge in [-0.1, -0.05) is 29.9 Å². The van der Waals surface area contributed by atoms with Gasteiger partial charge in [0.25, 0.3) is 5.56 Å². The summed E-state index contributed by atoms with van der Waals surface area (Å²) in [6, 6.07) is 9.45. The van der Waals surface area contributed by atoms with Crippen molar-refractivity contribution in [2.24, 2.45) is 0 Å². The van der Waals surface area contributed by atoms with E-state index >= 15 is 0 Å². The summed E-state index contributed by atoms with van der Waals surface area (Å²) >= 11 is 3.12. The summed E-state index contributed by atoms with van der Waals surface area (Å²) in [5, 5.41) is 5.35. The first-order valence-corrected chi connectivity index (χ1v) is 12.4. The van der Waals surface area contributed by atoms with Crippen LogP contribution in [0.5, 0.6) is 5.75 Å².